The monoisotopic (exact) mass is 452 g/mol. The summed E-state index contributed by atoms with van der Waals surface area (Å²) < 4.78 is 0. The highest BCUT2D eigenvalue weighted by molar-refractivity contribution is 6.04. The van der Waals surface area contributed by atoms with Gasteiger partial charge in [0.1, 0.15) is 0 Å². The van der Waals surface area contributed by atoms with E-state index >= 15 is 0 Å². The number of carboxylic acid groups (broad SMARTS) is 1. The number of carbonyl (C=O) groups is 3. The van der Waals surface area contributed by atoms with Crippen LogP contribution in [0.5, 0.6) is 0 Å². The summed E-state index contributed by atoms with van der Waals surface area (Å²) in [5.41, 5.74) is -1.81. The van der Waals surface area contributed by atoms with E-state index in [1.165, 1.54) is 0 Å². The molecule has 0 aliphatic heterocycles. The Bertz CT molecular complexity index is 1170. The van der Waals surface area contributed by atoms with Gasteiger partial charge in [0.05, 0.1) is 6.04 Å². The molecule has 0 spiro atoms. The summed E-state index contributed by atoms with van der Waals surface area (Å²) in [7, 11) is 0. The summed E-state index contributed by atoms with van der Waals surface area (Å²) in [6, 6.07) is 17.7. The Kier molecular flexibility index (Phi) is 6.96. The van der Waals surface area contributed by atoms with Gasteiger partial charge >= 0.3 is 5.97 Å². The number of nitrogens with zero attached hydrogens (tertiary/aromatic N) is 1. The number of aromatic amines is 1. The summed E-state index contributed by atoms with van der Waals surface area (Å²) in [4.78, 5) is 54.2. The number of aromatic nitrogens is 2. The Morgan fingerprint density at radius 2 is 1.55 bits per heavy atom. The molecule has 0 fully saturated rings. The number of hydroxylamine groups is 1. The lowest BCUT2D eigenvalue weighted by molar-refractivity contribution is -0.170. The van der Waals surface area contributed by atoms with Crippen molar-refractivity contribution in [3.63, 3.8) is 0 Å². The Morgan fingerprint density at radius 3 is 2.00 bits per heavy atom. The minimum Gasteiger partial charge on any atom is -0.479 e. The fraction of sp³-hybridized carbons (Fsp3) is 0.136. The van der Waals surface area contributed by atoms with Crippen LogP contribution in [0.1, 0.15) is 33.4 Å². The fourth-order valence-corrected chi connectivity index (χ4v) is 3.13. The van der Waals surface area contributed by atoms with Gasteiger partial charge in [-0.2, -0.15) is 0 Å². The van der Waals surface area contributed by atoms with Crippen LogP contribution < -0.4 is 16.4 Å². The number of nitrogens with one attached hydrogen (secondary N) is 3. The number of carbonyl (C=O) groups excluding carboxylic acids is 2. The van der Waals surface area contributed by atoms with E-state index in [1.54, 1.807) is 0 Å². The topological polar surface area (TPSA) is 182 Å². The quantitative estimate of drug-likeness (QED) is 0.159. The molecular weight excluding hydrogens is 432 g/mol. The number of rotatable bonds is 8. The second kappa shape index (κ2) is 9.85. The van der Waals surface area contributed by atoms with Crippen molar-refractivity contribution >= 4 is 17.8 Å². The summed E-state index contributed by atoms with van der Waals surface area (Å²) in [6.07, 6.45) is -0.109. The molecule has 3 aromatic rings. The van der Waals surface area contributed by atoms with E-state index in [0.717, 1.165) is 22.8 Å². The van der Waals surface area contributed by atoms with Crippen molar-refractivity contribution in [2.24, 2.45) is 0 Å². The fourth-order valence-electron chi connectivity index (χ4n) is 3.13. The van der Waals surface area contributed by atoms with Crippen LogP contribution in [0.25, 0.3) is 0 Å². The summed E-state index contributed by atoms with van der Waals surface area (Å²) in [5, 5.41) is 30.7. The van der Waals surface area contributed by atoms with Crippen LogP contribution in [0.15, 0.2) is 71.7 Å². The first-order chi connectivity index (χ1) is 15.8. The van der Waals surface area contributed by atoms with Gasteiger partial charge in [-0.05, 0) is 11.1 Å². The first kappa shape index (κ1) is 23.3. The largest absolute Gasteiger partial charge is 0.479 e. The van der Waals surface area contributed by atoms with E-state index in [2.05, 4.69) is 15.3 Å². The van der Waals surface area contributed by atoms with Crippen LogP contribution >= 0.6 is 0 Å². The molecule has 33 heavy (non-hydrogen) atoms. The lowest BCUT2D eigenvalue weighted by Crippen LogP contribution is -2.54. The van der Waals surface area contributed by atoms with Crippen LogP contribution in [0.4, 0.5) is 0 Å². The number of benzene rings is 2. The van der Waals surface area contributed by atoms with Crippen molar-refractivity contribution in [2.75, 3.05) is 0 Å². The Labute approximate surface area is 186 Å². The molecule has 0 saturated heterocycles. The third-order valence-electron chi connectivity index (χ3n) is 4.91. The van der Waals surface area contributed by atoms with Crippen LogP contribution in [0.3, 0.4) is 0 Å². The van der Waals surface area contributed by atoms with Gasteiger partial charge in [0.15, 0.2) is 5.82 Å². The molecule has 11 nitrogen and oxygen atoms in total. The van der Waals surface area contributed by atoms with Gasteiger partial charge in [-0.1, -0.05) is 60.7 Å². The number of hydrogen-bond acceptors (Lipinski definition) is 7. The molecule has 2 aromatic carbocycles. The van der Waals surface area contributed by atoms with Gasteiger partial charge in [0.2, 0.25) is 5.60 Å². The number of hydrogen-bond donors (Lipinski definition) is 6. The van der Waals surface area contributed by atoms with E-state index in [-0.39, 0.29) is 11.4 Å². The smallest absolute Gasteiger partial charge is 0.346 e. The highest BCUT2D eigenvalue weighted by Crippen LogP contribution is 2.22. The predicted molar refractivity (Wildman–Crippen MR) is 113 cm³/mol. The number of carboxylic acids is 1. The molecular formula is C22H20N4O7. The zero-order chi connectivity index (χ0) is 24.0. The standard InChI is InChI=1S/C22H20N4O7/c27-18-15(11-22(32,21(30)31)20(29)26-33)12-23-17(25-18)19(28)24-16(13-7-3-1-4-8-13)14-9-5-2-6-10-14/h1-10,12,16,32-33H,11H2,(H,24,28)(H,26,29)(H,30,31)(H,23,25,27). The Hall–Kier alpha value is -4.35. The van der Waals surface area contributed by atoms with Crippen LogP contribution in [-0.4, -0.2) is 48.8 Å². The molecule has 1 unspecified atom stereocenters. The van der Waals surface area contributed by atoms with E-state index in [1.807, 2.05) is 60.7 Å². The van der Waals surface area contributed by atoms with E-state index in [4.69, 9.17) is 10.3 Å². The van der Waals surface area contributed by atoms with Crippen molar-refractivity contribution in [1.82, 2.24) is 20.8 Å². The molecule has 11 heteroatoms. The lowest BCUT2D eigenvalue weighted by atomic mass is 9.95. The van der Waals surface area contributed by atoms with Gasteiger partial charge in [-0.25, -0.2) is 15.3 Å². The number of aliphatic hydroxyl groups is 1. The lowest BCUT2D eigenvalue weighted by Gasteiger charge is -2.21. The van der Waals surface area contributed by atoms with Gasteiger partial charge in [0.25, 0.3) is 17.4 Å². The number of H-pyrrole nitrogens is 1. The van der Waals surface area contributed by atoms with Crippen molar-refractivity contribution in [3.05, 3.63) is 99.7 Å². The maximum absolute atomic E-state index is 12.8. The van der Waals surface area contributed by atoms with E-state index in [9.17, 15) is 24.3 Å². The first-order valence-electron chi connectivity index (χ1n) is 9.65. The molecule has 1 atom stereocenters. The van der Waals surface area contributed by atoms with E-state index < -0.39 is 41.4 Å². The molecule has 3 rings (SSSR count). The normalized spacial score (nSPS) is 12.6. The first-order valence-corrected chi connectivity index (χ1v) is 9.65. The Morgan fingerprint density at radius 1 is 1.00 bits per heavy atom. The molecule has 0 radical (unpaired) electrons. The number of aliphatic carboxylic acids is 1. The average Bonchev–Trinajstić information content (AvgIpc) is 2.83. The molecule has 0 saturated carbocycles. The molecule has 0 aliphatic rings. The third kappa shape index (κ3) is 5.11. The molecule has 6 N–H and O–H groups in total. The van der Waals surface area contributed by atoms with Gasteiger partial charge in [-0.3, -0.25) is 19.6 Å². The van der Waals surface area contributed by atoms with Gasteiger partial charge < -0.3 is 20.5 Å². The summed E-state index contributed by atoms with van der Waals surface area (Å²) in [5.74, 6) is -4.68. The van der Waals surface area contributed by atoms with Crippen molar-refractivity contribution in [3.8, 4) is 0 Å². The predicted octanol–water partition coefficient (Wildman–Crippen LogP) is 0.153. The molecule has 1 aromatic heterocycles. The summed E-state index contributed by atoms with van der Waals surface area (Å²) in [6.45, 7) is 0. The zero-order valence-corrected chi connectivity index (χ0v) is 17.1. The molecule has 0 bridgehead atoms. The highest BCUT2D eigenvalue weighted by atomic mass is 16.5. The second-order valence-electron chi connectivity index (χ2n) is 7.10. The third-order valence-corrected chi connectivity index (χ3v) is 4.91. The minimum atomic E-state index is -3.11. The molecule has 0 aliphatic carbocycles. The van der Waals surface area contributed by atoms with Gasteiger partial charge in [0, 0.05) is 18.2 Å². The van der Waals surface area contributed by atoms with Gasteiger partial charge in [-0.15, -0.1) is 0 Å². The van der Waals surface area contributed by atoms with E-state index in [0.29, 0.717) is 0 Å². The van der Waals surface area contributed by atoms with Crippen molar-refractivity contribution in [2.45, 2.75) is 18.1 Å². The maximum atomic E-state index is 12.8. The van der Waals surface area contributed by atoms with Crippen LogP contribution in [-0.2, 0) is 16.0 Å². The minimum absolute atomic E-state index is 0.355. The van der Waals surface area contributed by atoms with Crippen LogP contribution in [0.2, 0.25) is 0 Å². The number of amides is 2. The summed E-state index contributed by atoms with van der Waals surface area (Å²) >= 11 is 0. The average molecular weight is 452 g/mol. The highest BCUT2D eigenvalue weighted by Gasteiger charge is 2.45. The molecule has 1 heterocycles. The van der Waals surface area contributed by atoms with Crippen molar-refractivity contribution < 1.29 is 29.8 Å². The van der Waals surface area contributed by atoms with Crippen molar-refractivity contribution in [1.29, 1.82) is 0 Å². The maximum Gasteiger partial charge on any atom is 0.346 e. The Balaban J connectivity index is 1.87. The molecule has 170 valence electrons. The SMILES string of the molecule is O=C(NC(c1ccccc1)c1ccccc1)c1ncc(CC(O)(C(=O)O)C(=O)NO)c(=O)[nH]1. The molecule has 2 amide bonds. The van der Waals surface area contributed by atoms with Crippen LogP contribution in [0, 0.1) is 0 Å². The zero-order valence-electron chi connectivity index (χ0n) is 17.1. The second-order valence-corrected chi connectivity index (χ2v) is 7.10.